The van der Waals surface area contributed by atoms with E-state index >= 15 is 0 Å². The van der Waals surface area contributed by atoms with Gasteiger partial charge in [0.2, 0.25) is 0 Å². The zero-order valence-electron chi connectivity index (χ0n) is 20.4. The lowest BCUT2D eigenvalue weighted by Crippen LogP contribution is -2.54. The molecular formula is C33H28N4. The maximum absolute atomic E-state index is 3.80. The molecule has 5 aromatic carbocycles. The summed E-state index contributed by atoms with van der Waals surface area (Å²) < 4.78 is 2.37. The highest BCUT2D eigenvalue weighted by Gasteiger charge is 2.29. The quantitative estimate of drug-likeness (QED) is 0.255. The molecule has 1 aliphatic heterocycles. The zero-order valence-corrected chi connectivity index (χ0v) is 20.4. The van der Waals surface area contributed by atoms with Crippen molar-refractivity contribution in [3.8, 4) is 5.69 Å². The normalized spacial score (nSPS) is 19.8. The maximum Gasteiger partial charge on any atom is 0.0865 e. The van der Waals surface area contributed by atoms with E-state index in [1.165, 1.54) is 38.5 Å². The third kappa shape index (κ3) is 4.02. The van der Waals surface area contributed by atoms with Gasteiger partial charge < -0.3 is 4.57 Å². The van der Waals surface area contributed by atoms with Gasteiger partial charge >= 0.3 is 0 Å². The maximum atomic E-state index is 3.80. The molecule has 1 fully saturated rings. The Balaban J connectivity index is 1.32. The molecule has 180 valence electrons. The van der Waals surface area contributed by atoms with Gasteiger partial charge in [-0.05, 0) is 41.0 Å². The monoisotopic (exact) mass is 480 g/mol. The summed E-state index contributed by atoms with van der Waals surface area (Å²) in [4.78, 5) is 0. The summed E-state index contributed by atoms with van der Waals surface area (Å²) in [5.74, 6) is 0. The lowest BCUT2D eigenvalue weighted by Gasteiger charge is -2.39. The zero-order chi connectivity index (χ0) is 24.6. The summed E-state index contributed by atoms with van der Waals surface area (Å²) in [6.45, 7) is 0. The molecule has 37 heavy (non-hydrogen) atoms. The van der Waals surface area contributed by atoms with Crippen molar-refractivity contribution >= 4 is 21.8 Å². The first-order valence-electron chi connectivity index (χ1n) is 12.8. The molecule has 7 rings (SSSR count). The molecule has 3 N–H and O–H groups in total. The summed E-state index contributed by atoms with van der Waals surface area (Å²) in [5, 5.41) is 13.9. The Morgan fingerprint density at radius 1 is 0.405 bits per heavy atom. The van der Waals surface area contributed by atoms with E-state index in [4.69, 9.17) is 0 Å². The van der Waals surface area contributed by atoms with Gasteiger partial charge in [0.1, 0.15) is 0 Å². The standard InChI is InChI=1S/C33H28N4/c1-3-12-23(13-4-1)31-34-32(24-14-5-2-6-15-24)36-33(35-31)25-16-11-17-26(22-25)37-29-20-9-7-18-27(29)28-19-8-10-21-30(28)37/h1-22,31-36H. The molecule has 0 radical (unpaired) electrons. The molecule has 4 nitrogen and oxygen atoms in total. The summed E-state index contributed by atoms with van der Waals surface area (Å²) in [6.07, 6.45) is -0.0196. The number of para-hydroxylation sites is 2. The summed E-state index contributed by atoms with van der Waals surface area (Å²) in [7, 11) is 0. The molecule has 2 heterocycles. The minimum absolute atomic E-state index is 0.00884. The smallest absolute Gasteiger partial charge is 0.0865 e. The van der Waals surface area contributed by atoms with Gasteiger partial charge in [0.15, 0.2) is 0 Å². The molecule has 0 amide bonds. The topological polar surface area (TPSA) is 41.0 Å². The van der Waals surface area contributed by atoms with Crippen molar-refractivity contribution in [2.24, 2.45) is 0 Å². The van der Waals surface area contributed by atoms with Crippen LogP contribution in [0.1, 0.15) is 35.2 Å². The third-order valence-electron chi connectivity index (χ3n) is 7.31. The minimum atomic E-state index is -0.0373. The number of aromatic nitrogens is 1. The molecule has 1 aromatic heterocycles. The Labute approximate surface area is 216 Å². The van der Waals surface area contributed by atoms with Crippen LogP contribution in [0.2, 0.25) is 0 Å². The average molecular weight is 481 g/mol. The largest absolute Gasteiger partial charge is 0.309 e. The predicted octanol–water partition coefficient (Wildman–Crippen LogP) is 6.96. The van der Waals surface area contributed by atoms with Gasteiger partial charge in [-0.25, -0.2) is 0 Å². The van der Waals surface area contributed by atoms with Gasteiger partial charge in [-0.15, -0.1) is 0 Å². The second kappa shape index (κ2) is 9.34. The Bertz CT molecular complexity index is 1570. The first-order chi connectivity index (χ1) is 18.3. The van der Waals surface area contributed by atoms with Crippen molar-refractivity contribution < 1.29 is 0 Å². The van der Waals surface area contributed by atoms with Crippen LogP contribution in [0.5, 0.6) is 0 Å². The van der Waals surface area contributed by atoms with Crippen molar-refractivity contribution in [2.45, 2.75) is 18.5 Å². The average Bonchev–Trinajstić information content (AvgIpc) is 3.32. The van der Waals surface area contributed by atoms with Crippen LogP contribution in [0.15, 0.2) is 133 Å². The van der Waals surface area contributed by atoms with Crippen LogP contribution in [-0.4, -0.2) is 4.57 Å². The lowest BCUT2D eigenvalue weighted by molar-refractivity contribution is 0.203. The second-order valence-corrected chi connectivity index (χ2v) is 9.59. The highest BCUT2D eigenvalue weighted by molar-refractivity contribution is 6.09. The van der Waals surface area contributed by atoms with E-state index in [1.807, 2.05) is 0 Å². The van der Waals surface area contributed by atoms with Crippen molar-refractivity contribution in [2.75, 3.05) is 0 Å². The molecule has 0 bridgehead atoms. The Morgan fingerprint density at radius 3 is 1.38 bits per heavy atom. The number of nitrogens with one attached hydrogen (secondary N) is 3. The van der Waals surface area contributed by atoms with Gasteiger partial charge in [0, 0.05) is 16.5 Å². The van der Waals surface area contributed by atoms with E-state index in [0.29, 0.717) is 0 Å². The van der Waals surface area contributed by atoms with Crippen LogP contribution in [0.4, 0.5) is 0 Å². The Kier molecular flexibility index (Phi) is 5.56. The van der Waals surface area contributed by atoms with Crippen LogP contribution in [-0.2, 0) is 0 Å². The molecule has 6 aromatic rings. The molecule has 4 heteroatoms. The predicted molar refractivity (Wildman–Crippen MR) is 151 cm³/mol. The first-order valence-corrected chi connectivity index (χ1v) is 12.8. The molecule has 1 aliphatic rings. The Hall–Kier alpha value is -4.22. The van der Waals surface area contributed by atoms with E-state index in [-0.39, 0.29) is 18.5 Å². The number of fused-ring (bicyclic) bond motifs is 3. The number of hydrogen-bond acceptors (Lipinski definition) is 3. The molecule has 0 spiro atoms. The van der Waals surface area contributed by atoms with Gasteiger partial charge in [0.05, 0.1) is 29.5 Å². The molecule has 2 unspecified atom stereocenters. The fourth-order valence-electron chi connectivity index (χ4n) is 5.56. The van der Waals surface area contributed by atoms with Crippen molar-refractivity contribution in [1.29, 1.82) is 0 Å². The highest BCUT2D eigenvalue weighted by Crippen LogP contribution is 2.33. The van der Waals surface area contributed by atoms with E-state index in [2.05, 4.69) is 154 Å². The van der Waals surface area contributed by atoms with Gasteiger partial charge in [-0.3, -0.25) is 16.0 Å². The number of benzene rings is 5. The van der Waals surface area contributed by atoms with Crippen LogP contribution in [0.25, 0.3) is 27.5 Å². The van der Waals surface area contributed by atoms with E-state index in [0.717, 1.165) is 5.69 Å². The van der Waals surface area contributed by atoms with E-state index < -0.39 is 0 Å². The van der Waals surface area contributed by atoms with Crippen LogP contribution in [0.3, 0.4) is 0 Å². The molecule has 1 saturated heterocycles. The van der Waals surface area contributed by atoms with E-state index in [9.17, 15) is 0 Å². The molecule has 0 aliphatic carbocycles. The molecular weight excluding hydrogens is 452 g/mol. The molecule has 2 atom stereocenters. The lowest BCUT2D eigenvalue weighted by atomic mass is 10.0. The fourth-order valence-corrected chi connectivity index (χ4v) is 5.56. The van der Waals surface area contributed by atoms with Gasteiger partial charge in [-0.1, -0.05) is 109 Å². The minimum Gasteiger partial charge on any atom is -0.309 e. The van der Waals surface area contributed by atoms with Gasteiger partial charge in [-0.2, -0.15) is 0 Å². The number of hydrogen-bond donors (Lipinski definition) is 3. The fraction of sp³-hybridized carbons (Fsp3) is 0.0909. The molecule has 0 saturated carbocycles. The summed E-state index contributed by atoms with van der Waals surface area (Å²) in [5.41, 5.74) is 7.22. The van der Waals surface area contributed by atoms with E-state index in [1.54, 1.807) is 0 Å². The number of nitrogens with zero attached hydrogens (tertiary/aromatic N) is 1. The SMILES string of the molecule is c1ccc(C2NC(c3ccccc3)NC(c3cccc(-n4c5ccccc5c5ccccc54)c3)N2)cc1. The number of rotatable bonds is 4. The van der Waals surface area contributed by atoms with Crippen molar-refractivity contribution in [3.63, 3.8) is 0 Å². The third-order valence-corrected chi connectivity index (χ3v) is 7.31. The first kappa shape index (κ1) is 22.0. The Morgan fingerprint density at radius 2 is 0.838 bits per heavy atom. The summed E-state index contributed by atoms with van der Waals surface area (Å²) >= 11 is 0. The summed E-state index contributed by atoms with van der Waals surface area (Å²) in [6, 6.07) is 47.4. The van der Waals surface area contributed by atoms with Gasteiger partial charge in [0.25, 0.3) is 0 Å². The van der Waals surface area contributed by atoms with Crippen LogP contribution >= 0.6 is 0 Å². The van der Waals surface area contributed by atoms with Crippen molar-refractivity contribution in [3.05, 3.63) is 150 Å². The highest BCUT2D eigenvalue weighted by atomic mass is 15.4. The van der Waals surface area contributed by atoms with Crippen LogP contribution in [0, 0.1) is 0 Å². The van der Waals surface area contributed by atoms with Crippen LogP contribution < -0.4 is 16.0 Å². The van der Waals surface area contributed by atoms with Crippen molar-refractivity contribution in [1.82, 2.24) is 20.5 Å². The second-order valence-electron chi connectivity index (χ2n) is 9.59.